The van der Waals surface area contributed by atoms with E-state index in [4.69, 9.17) is 4.74 Å². The van der Waals surface area contributed by atoms with Crippen LogP contribution in [0.25, 0.3) is 0 Å². The van der Waals surface area contributed by atoms with Crippen molar-refractivity contribution in [3.05, 3.63) is 35.4 Å². The van der Waals surface area contributed by atoms with Crippen molar-refractivity contribution in [1.29, 1.82) is 0 Å². The molecule has 0 aromatic heterocycles. The highest BCUT2D eigenvalue weighted by atomic mass is 16.5. The Kier molecular flexibility index (Phi) is 3.25. The van der Waals surface area contributed by atoms with Crippen LogP contribution >= 0.6 is 0 Å². The third kappa shape index (κ3) is 2.09. The maximum atomic E-state index is 11.4. The van der Waals surface area contributed by atoms with Gasteiger partial charge in [-0.3, -0.25) is 9.69 Å². The zero-order valence-electron chi connectivity index (χ0n) is 9.77. The Morgan fingerprint density at radius 1 is 1.50 bits per heavy atom. The zero-order chi connectivity index (χ0) is 11.5. The summed E-state index contributed by atoms with van der Waals surface area (Å²) in [5.74, 6) is -0.145. The zero-order valence-corrected chi connectivity index (χ0v) is 9.77. The molecule has 1 aliphatic heterocycles. The molecule has 16 heavy (non-hydrogen) atoms. The van der Waals surface area contributed by atoms with Gasteiger partial charge in [0.2, 0.25) is 0 Å². The summed E-state index contributed by atoms with van der Waals surface area (Å²) in [7, 11) is 3.50. The number of esters is 1. The number of likely N-dealkylation sites (N-methyl/N-ethyl adjacent to an activating group) is 1. The summed E-state index contributed by atoms with van der Waals surface area (Å²) in [6.45, 7) is 0.999. The average molecular weight is 219 g/mol. The highest BCUT2D eigenvalue weighted by Gasteiger charge is 2.26. The van der Waals surface area contributed by atoms with E-state index in [1.807, 2.05) is 6.07 Å². The Hall–Kier alpha value is -1.35. The largest absolute Gasteiger partial charge is 0.469 e. The molecular formula is C13H17NO2. The standard InChI is InChI=1S/C13H17NO2/c1-14-8-7-10-5-3-4-6-11(10)12(14)9-13(15)16-2/h3-6,12H,7-9H2,1-2H3/t12-/m0/s1. The Morgan fingerprint density at radius 3 is 3.00 bits per heavy atom. The maximum absolute atomic E-state index is 11.4. The normalized spacial score (nSPS) is 20.2. The first-order valence-electron chi connectivity index (χ1n) is 5.57. The predicted molar refractivity (Wildman–Crippen MR) is 62.2 cm³/mol. The first kappa shape index (κ1) is 11.1. The fourth-order valence-corrected chi connectivity index (χ4v) is 2.28. The molecule has 2 rings (SSSR count). The number of ether oxygens (including phenoxy) is 1. The first-order chi connectivity index (χ1) is 7.72. The molecule has 3 heteroatoms. The van der Waals surface area contributed by atoms with Crippen molar-refractivity contribution in [2.45, 2.75) is 18.9 Å². The third-order valence-electron chi connectivity index (χ3n) is 3.27. The lowest BCUT2D eigenvalue weighted by Gasteiger charge is -2.33. The molecule has 0 radical (unpaired) electrons. The van der Waals surface area contributed by atoms with Gasteiger partial charge in [0.05, 0.1) is 13.5 Å². The minimum Gasteiger partial charge on any atom is -0.469 e. The minimum absolute atomic E-state index is 0.145. The van der Waals surface area contributed by atoms with Crippen LogP contribution in [0.5, 0.6) is 0 Å². The fraction of sp³-hybridized carbons (Fsp3) is 0.462. The lowest BCUT2D eigenvalue weighted by atomic mass is 9.91. The van der Waals surface area contributed by atoms with E-state index < -0.39 is 0 Å². The quantitative estimate of drug-likeness (QED) is 0.710. The second kappa shape index (κ2) is 4.66. The van der Waals surface area contributed by atoms with Gasteiger partial charge in [0.15, 0.2) is 0 Å². The SMILES string of the molecule is COC(=O)C[C@H]1c2ccccc2CCN1C. The highest BCUT2D eigenvalue weighted by Crippen LogP contribution is 2.30. The van der Waals surface area contributed by atoms with Gasteiger partial charge in [-0.1, -0.05) is 24.3 Å². The summed E-state index contributed by atoms with van der Waals surface area (Å²) in [6, 6.07) is 8.50. The molecule has 3 nitrogen and oxygen atoms in total. The van der Waals surface area contributed by atoms with Crippen molar-refractivity contribution in [3.8, 4) is 0 Å². The molecule has 0 saturated carbocycles. The van der Waals surface area contributed by atoms with E-state index in [0.29, 0.717) is 6.42 Å². The molecule has 0 spiro atoms. The number of nitrogens with zero attached hydrogens (tertiary/aromatic N) is 1. The second-order valence-corrected chi connectivity index (χ2v) is 4.23. The number of methoxy groups -OCH3 is 1. The van der Waals surface area contributed by atoms with Gasteiger partial charge in [0.25, 0.3) is 0 Å². The number of benzene rings is 1. The number of hydrogen-bond donors (Lipinski definition) is 0. The summed E-state index contributed by atoms with van der Waals surface area (Å²) in [6.07, 6.45) is 1.49. The first-order valence-corrected chi connectivity index (χ1v) is 5.57. The van der Waals surface area contributed by atoms with Crippen LogP contribution in [-0.4, -0.2) is 31.6 Å². The minimum atomic E-state index is -0.145. The van der Waals surface area contributed by atoms with Gasteiger partial charge in [-0.2, -0.15) is 0 Å². The van der Waals surface area contributed by atoms with Crippen LogP contribution in [0.1, 0.15) is 23.6 Å². The summed E-state index contributed by atoms with van der Waals surface area (Å²) >= 11 is 0. The van der Waals surface area contributed by atoms with Crippen LogP contribution in [0.4, 0.5) is 0 Å². The van der Waals surface area contributed by atoms with E-state index in [2.05, 4.69) is 30.1 Å². The molecule has 1 atom stereocenters. The van der Waals surface area contributed by atoms with E-state index in [1.165, 1.54) is 18.2 Å². The number of carbonyl (C=O) groups is 1. The molecule has 0 unspecified atom stereocenters. The molecule has 0 bridgehead atoms. The summed E-state index contributed by atoms with van der Waals surface area (Å²) in [5.41, 5.74) is 2.62. The van der Waals surface area contributed by atoms with Crippen molar-refractivity contribution in [2.75, 3.05) is 20.7 Å². The molecule has 1 aliphatic rings. The Morgan fingerprint density at radius 2 is 2.25 bits per heavy atom. The van der Waals surface area contributed by atoms with Crippen LogP contribution in [0.15, 0.2) is 24.3 Å². The van der Waals surface area contributed by atoms with Crippen LogP contribution in [0, 0.1) is 0 Å². The molecule has 0 aliphatic carbocycles. The molecule has 0 fully saturated rings. The molecule has 0 N–H and O–H groups in total. The van der Waals surface area contributed by atoms with Gasteiger partial charge in [-0.05, 0) is 24.6 Å². The monoisotopic (exact) mass is 219 g/mol. The molecule has 1 aromatic rings. The van der Waals surface area contributed by atoms with Crippen molar-refractivity contribution >= 4 is 5.97 Å². The summed E-state index contributed by atoms with van der Waals surface area (Å²) in [4.78, 5) is 13.6. The molecule has 1 heterocycles. The van der Waals surface area contributed by atoms with Crippen LogP contribution < -0.4 is 0 Å². The van der Waals surface area contributed by atoms with Gasteiger partial charge < -0.3 is 4.74 Å². The van der Waals surface area contributed by atoms with Gasteiger partial charge in [0.1, 0.15) is 0 Å². The molecule has 0 saturated heterocycles. The molecule has 0 amide bonds. The summed E-state index contributed by atoms with van der Waals surface area (Å²) < 4.78 is 4.75. The number of hydrogen-bond acceptors (Lipinski definition) is 3. The van der Waals surface area contributed by atoms with Gasteiger partial charge >= 0.3 is 5.97 Å². The van der Waals surface area contributed by atoms with E-state index in [9.17, 15) is 4.79 Å². The van der Waals surface area contributed by atoms with Crippen molar-refractivity contribution < 1.29 is 9.53 Å². The summed E-state index contributed by atoms with van der Waals surface area (Å²) in [5, 5.41) is 0. The molecule has 86 valence electrons. The third-order valence-corrected chi connectivity index (χ3v) is 3.27. The maximum Gasteiger partial charge on any atom is 0.307 e. The predicted octanol–water partition coefficient (Wildman–Crippen LogP) is 1.78. The van der Waals surface area contributed by atoms with E-state index >= 15 is 0 Å². The Labute approximate surface area is 96.0 Å². The van der Waals surface area contributed by atoms with Crippen LogP contribution in [0.2, 0.25) is 0 Å². The fourth-order valence-electron chi connectivity index (χ4n) is 2.28. The topological polar surface area (TPSA) is 29.5 Å². The van der Waals surface area contributed by atoms with Crippen molar-refractivity contribution in [3.63, 3.8) is 0 Å². The second-order valence-electron chi connectivity index (χ2n) is 4.23. The number of rotatable bonds is 2. The molecule has 1 aromatic carbocycles. The van der Waals surface area contributed by atoms with Gasteiger partial charge in [0, 0.05) is 12.6 Å². The van der Waals surface area contributed by atoms with E-state index in [-0.39, 0.29) is 12.0 Å². The van der Waals surface area contributed by atoms with Gasteiger partial charge in [-0.25, -0.2) is 0 Å². The lowest BCUT2D eigenvalue weighted by Crippen LogP contribution is -2.33. The Bertz CT molecular complexity index is 389. The van der Waals surface area contributed by atoms with Crippen molar-refractivity contribution in [2.24, 2.45) is 0 Å². The highest BCUT2D eigenvalue weighted by molar-refractivity contribution is 5.70. The number of carbonyl (C=O) groups excluding carboxylic acids is 1. The van der Waals surface area contributed by atoms with Crippen LogP contribution in [-0.2, 0) is 16.0 Å². The number of fused-ring (bicyclic) bond motifs is 1. The van der Waals surface area contributed by atoms with E-state index in [1.54, 1.807) is 0 Å². The van der Waals surface area contributed by atoms with Gasteiger partial charge in [-0.15, -0.1) is 0 Å². The Balaban J connectivity index is 2.26. The smallest absolute Gasteiger partial charge is 0.307 e. The van der Waals surface area contributed by atoms with E-state index in [0.717, 1.165) is 13.0 Å². The van der Waals surface area contributed by atoms with Crippen molar-refractivity contribution in [1.82, 2.24) is 4.90 Å². The average Bonchev–Trinajstić information content (AvgIpc) is 2.32. The molecular weight excluding hydrogens is 202 g/mol. The lowest BCUT2D eigenvalue weighted by molar-refractivity contribution is -0.142. The van der Waals surface area contributed by atoms with Crippen LogP contribution in [0.3, 0.4) is 0 Å².